The minimum atomic E-state index is -3.12. The van der Waals surface area contributed by atoms with E-state index in [4.69, 9.17) is 0 Å². The van der Waals surface area contributed by atoms with E-state index in [0.29, 0.717) is 12.0 Å². The molecule has 118 valence electrons. The number of sulfone groups is 1. The summed E-state index contributed by atoms with van der Waals surface area (Å²) in [4.78, 5) is 0. The Morgan fingerprint density at radius 1 is 1.33 bits per heavy atom. The molecule has 1 heterocycles. The van der Waals surface area contributed by atoms with Crippen LogP contribution in [0.5, 0.6) is 0 Å². The maximum absolute atomic E-state index is 13.6. The van der Waals surface area contributed by atoms with E-state index in [-0.39, 0.29) is 41.5 Å². The molecule has 1 saturated heterocycles. The highest BCUT2D eigenvalue weighted by atomic mass is 79.9. The molecule has 1 atom stereocenters. The summed E-state index contributed by atoms with van der Waals surface area (Å²) < 4.78 is 37.2. The van der Waals surface area contributed by atoms with Crippen molar-refractivity contribution in [1.82, 2.24) is 0 Å². The van der Waals surface area contributed by atoms with E-state index in [1.807, 2.05) is 0 Å². The molecule has 1 aliphatic rings. The van der Waals surface area contributed by atoms with E-state index in [0.717, 1.165) is 0 Å². The van der Waals surface area contributed by atoms with Gasteiger partial charge in [0, 0.05) is 5.41 Å². The van der Waals surface area contributed by atoms with E-state index in [1.54, 1.807) is 12.1 Å². The van der Waals surface area contributed by atoms with Gasteiger partial charge in [-0.15, -0.1) is 0 Å². The van der Waals surface area contributed by atoms with Gasteiger partial charge >= 0.3 is 0 Å². The third kappa shape index (κ3) is 3.47. The molecule has 0 bridgehead atoms. The highest BCUT2D eigenvalue weighted by molar-refractivity contribution is 9.10. The molecular weight excluding hydrogens is 363 g/mol. The molecule has 0 radical (unpaired) electrons. The topological polar surface area (TPSA) is 74.6 Å². The first-order valence-corrected chi connectivity index (χ1v) is 9.30. The highest BCUT2D eigenvalue weighted by Gasteiger charge is 2.44. The molecular formula is C14H18BrFO4S. The van der Waals surface area contributed by atoms with Gasteiger partial charge < -0.3 is 10.2 Å². The van der Waals surface area contributed by atoms with Gasteiger partial charge in [-0.05, 0) is 46.3 Å². The van der Waals surface area contributed by atoms with Crippen molar-refractivity contribution in [2.75, 3.05) is 24.7 Å². The lowest BCUT2D eigenvalue weighted by molar-refractivity contribution is 0.0122. The predicted molar refractivity (Wildman–Crippen MR) is 81.2 cm³/mol. The second-order valence-corrected chi connectivity index (χ2v) is 8.69. The first kappa shape index (κ1) is 16.9. The van der Waals surface area contributed by atoms with E-state index >= 15 is 0 Å². The van der Waals surface area contributed by atoms with Crippen LogP contribution in [0.3, 0.4) is 0 Å². The number of halogens is 2. The zero-order chi connectivity index (χ0) is 15.7. The average Bonchev–Trinajstić information content (AvgIpc) is 2.81. The Bertz CT molecular complexity index is 613. The molecule has 0 aromatic heterocycles. The van der Waals surface area contributed by atoms with Crippen molar-refractivity contribution in [2.45, 2.75) is 12.8 Å². The number of rotatable bonds is 5. The maximum atomic E-state index is 13.6. The van der Waals surface area contributed by atoms with Crippen molar-refractivity contribution in [2.24, 2.45) is 11.3 Å². The predicted octanol–water partition coefficient (Wildman–Crippen LogP) is 1.54. The molecule has 2 rings (SSSR count). The van der Waals surface area contributed by atoms with Crippen LogP contribution in [0.4, 0.5) is 4.39 Å². The average molecular weight is 381 g/mol. The molecule has 7 heteroatoms. The van der Waals surface area contributed by atoms with Gasteiger partial charge in [0.05, 0.1) is 29.2 Å². The van der Waals surface area contributed by atoms with Gasteiger partial charge in [0.1, 0.15) is 5.82 Å². The number of aliphatic hydroxyl groups is 2. The van der Waals surface area contributed by atoms with E-state index in [9.17, 15) is 23.0 Å². The molecule has 1 aromatic rings. The first-order chi connectivity index (χ1) is 9.83. The molecule has 0 spiro atoms. The number of aliphatic hydroxyl groups excluding tert-OH is 2. The summed E-state index contributed by atoms with van der Waals surface area (Å²) in [5, 5.41) is 19.5. The summed E-state index contributed by atoms with van der Waals surface area (Å²) >= 11 is 3.17. The number of hydrogen-bond donors (Lipinski definition) is 2. The molecule has 4 nitrogen and oxygen atoms in total. The minimum absolute atomic E-state index is 0.0406. The number of benzene rings is 1. The lowest BCUT2D eigenvalue weighted by Crippen LogP contribution is -2.41. The Hall–Kier alpha value is -0.500. The van der Waals surface area contributed by atoms with E-state index in [1.165, 1.54) is 6.07 Å². The van der Waals surface area contributed by atoms with Crippen LogP contribution < -0.4 is 0 Å². The van der Waals surface area contributed by atoms with Crippen LogP contribution in [0.1, 0.15) is 12.0 Å². The monoisotopic (exact) mass is 380 g/mol. The summed E-state index contributed by atoms with van der Waals surface area (Å²) in [6, 6.07) is 4.57. The molecule has 1 fully saturated rings. The molecule has 0 amide bonds. The van der Waals surface area contributed by atoms with Crippen molar-refractivity contribution in [1.29, 1.82) is 0 Å². The third-order valence-corrected chi connectivity index (χ3v) is 6.96. The molecule has 1 unspecified atom stereocenters. The van der Waals surface area contributed by atoms with Gasteiger partial charge in [-0.1, -0.05) is 12.1 Å². The second-order valence-electron chi connectivity index (χ2n) is 5.67. The van der Waals surface area contributed by atoms with Crippen molar-refractivity contribution in [3.63, 3.8) is 0 Å². The Morgan fingerprint density at radius 2 is 2.00 bits per heavy atom. The van der Waals surface area contributed by atoms with Crippen LogP contribution >= 0.6 is 15.9 Å². The normalized spacial score (nSPS) is 21.6. The quantitative estimate of drug-likeness (QED) is 0.812. The summed E-state index contributed by atoms with van der Waals surface area (Å²) in [6.45, 7) is -0.681. The van der Waals surface area contributed by atoms with Gasteiger partial charge in [-0.25, -0.2) is 12.8 Å². The van der Waals surface area contributed by atoms with Crippen molar-refractivity contribution in [3.05, 3.63) is 34.1 Å². The second kappa shape index (κ2) is 6.32. The first-order valence-electron chi connectivity index (χ1n) is 6.68. The lowest BCUT2D eigenvalue weighted by atomic mass is 9.72. The highest BCUT2D eigenvalue weighted by Crippen LogP contribution is 2.40. The van der Waals surface area contributed by atoms with Crippen LogP contribution in [-0.2, 0) is 16.3 Å². The van der Waals surface area contributed by atoms with Gasteiger partial charge in [0.25, 0.3) is 0 Å². The molecule has 0 saturated carbocycles. The summed E-state index contributed by atoms with van der Waals surface area (Å²) in [6.07, 6.45) is 0.634. The summed E-state index contributed by atoms with van der Waals surface area (Å²) in [5.74, 6) is -0.714. The molecule has 1 aromatic carbocycles. The van der Waals surface area contributed by atoms with Gasteiger partial charge in [0.15, 0.2) is 9.84 Å². The molecule has 21 heavy (non-hydrogen) atoms. The molecule has 2 N–H and O–H groups in total. The molecule has 0 aliphatic carbocycles. The van der Waals surface area contributed by atoms with Gasteiger partial charge in [0.2, 0.25) is 0 Å². The summed E-state index contributed by atoms with van der Waals surface area (Å²) in [5.41, 5.74) is -0.345. The Labute approximate surface area is 132 Å². The minimum Gasteiger partial charge on any atom is -0.396 e. The largest absolute Gasteiger partial charge is 0.396 e. The van der Waals surface area contributed by atoms with Crippen LogP contribution in [0, 0.1) is 17.2 Å². The zero-order valence-corrected chi connectivity index (χ0v) is 13.8. The third-order valence-electron chi connectivity index (χ3n) is 4.30. The smallest absolute Gasteiger partial charge is 0.150 e. The van der Waals surface area contributed by atoms with Gasteiger partial charge in [-0.2, -0.15) is 0 Å². The maximum Gasteiger partial charge on any atom is 0.150 e. The fourth-order valence-corrected chi connectivity index (χ4v) is 5.25. The Balaban J connectivity index is 2.32. The van der Waals surface area contributed by atoms with Crippen LogP contribution in [0.2, 0.25) is 0 Å². The number of hydrogen-bond acceptors (Lipinski definition) is 4. The molecule has 1 aliphatic heterocycles. The van der Waals surface area contributed by atoms with Crippen molar-refractivity contribution >= 4 is 25.8 Å². The van der Waals surface area contributed by atoms with Crippen LogP contribution in [-0.4, -0.2) is 43.4 Å². The fourth-order valence-electron chi connectivity index (χ4n) is 2.91. The lowest BCUT2D eigenvalue weighted by Gasteiger charge is -2.35. The summed E-state index contributed by atoms with van der Waals surface area (Å²) in [7, 11) is -3.12. The zero-order valence-electron chi connectivity index (χ0n) is 11.4. The van der Waals surface area contributed by atoms with Crippen LogP contribution in [0.15, 0.2) is 22.7 Å². The Morgan fingerprint density at radius 3 is 2.52 bits per heavy atom. The standard InChI is InChI=1S/C14H18BrFO4S/c15-13-10(2-1-3-12(13)16)6-14(8-17,9-18)11-4-5-21(19,20)7-11/h1-3,11,17-18H,4-9H2. The van der Waals surface area contributed by atoms with Crippen molar-refractivity contribution < 1.29 is 23.0 Å². The fraction of sp³-hybridized carbons (Fsp3) is 0.571. The van der Waals surface area contributed by atoms with Crippen LogP contribution in [0.25, 0.3) is 0 Å². The SMILES string of the molecule is O=S1(=O)CCC(C(CO)(CO)Cc2cccc(F)c2Br)C1. The van der Waals surface area contributed by atoms with E-state index in [2.05, 4.69) is 15.9 Å². The Kier molecular flexibility index (Phi) is 5.07. The van der Waals surface area contributed by atoms with Crippen molar-refractivity contribution in [3.8, 4) is 0 Å². The van der Waals surface area contributed by atoms with E-state index < -0.39 is 21.1 Å². The van der Waals surface area contributed by atoms with Gasteiger partial charge in [-0.3, -0.25) is 0 Å².